The van der Waals surface area contributed by atoms with Crippen molar-refractivity contribution < 1.29 is 12.4 Å². The van der Waals surface area contributed by atoms with E-state index in [9.17, 15) is 8.42 Å². The molecule has 0 N–H and O–H groups in total. The summed E-state index contributed by atoms with van der Waals surface area (Å²) in [6.07, 6.45) is 1.21. The van der Waals surface area contributed by atoms with Gasteiger partial charge in [0, 0.05) is 9.47 Å². The highest BCUT2D eigenvalue weighted by atomic mass is 32.2. The minimum atomic E-state index is -3.30. The highest BCUT2D eigenvalue weighted by Crippen LogP contribution is 2.13. The molecule has 0 spiro atoms. The first-order valence-electron chi connectivity index (χ1n) is 3.20. The van der Waals surface area contributed by atoms with Gasteiger partial charge in [-0.05, 0) is 12.8 Å². The molecule has 10 heavy (non-hydrogen) atoms. The van der Waals surface area contributed by atoms with Crippen molar-refractivity contribution in [2.75, 3.05) is 0 Å². The standard InChI is InChI=1S/C5H13O3PS/c1-3-5(4-2)10(6,7)8-9/h5H,3-4,9H2,1-2H3. The molecule has 5 heteroatoms. The average Bonchev–Trinajstić information content (AvgIpc) is 1.90. The quantitative estimate of drug-likeness (QED) is 0.619. The molecule has 0 saturated heterocycles. The molecule has 0 saturated carbocycles. The Morgan fingerprint density at radius 3 is 1.90 bits per heavy atom. The fourth-order valence-corrected chi connectivity index (χ4v) is 2.22. The SMILES string of the molecule is CCC(CC)S(=O)(=O)OP. The zero-order valence-electron chi connectivity index (χ0n) is 6.20. The molecule has 0 aliphatic heterocycles. The largest absolute Gasteiger partial charge is 0.272 e. The summed E-state index contributed by atoms with van der Waals surface area (Å²) in [7, 11) is -1.53. The maximum Gasteiger partial charge on any atom is 0.272 e. The van der Waals surface area contributed by atoms with Crippen LogP contribution in [0, 0.1) is 0 Å². The van der Waals surface area contributed by atoms with Gasteiger partial charge in [0.25, 0.3) is 10.1 Å². The van der Waals surface area contributed by atoms with Gasteiger partial charge in [-0.15, -0.1) is 0 Å². The van der Waals surface area contributed by atoms with Gasteiger partial charge in [-0.2, -0.15) is 8.42 Å². The van der Waals surface area contributed by atoms with E-state index in [2.05, 4.69) is 3.97 Å². The van der Waals surface area contributed by atoms with E-state index in [1.807, 2.05) is 13.8 Å². The number of hydrogen-bond acceptors (Lipinski definition) is 3. The molecule has 0 radical (unpaired) electrons. The summed E-state index contributed by atoms with van der Waals surface area (Å²) in [5, 5.41) is -0.356. The van der Waals surface area contributed by atoms with Gasteiger partial charge in [0.1, 0.15) is 0 Å². The van der Waals surface area contributed by atoms with Crippen molar-refractivity contribution in [2.24, 2.45) is 0 Å². The predicted molar refractivity (Wildman–Crippen MR) is 44.1 cm³/mol. The van der Waals surface area contributed by atoms with E-state index in [1.165, 1.54) is 0 Å². The van der Waals surface area contributed by atoms with Crippen LogP contribution in [0.15, 0.2) is 0 Å². The lowest BCUT2D eigenvalue weighted by Crippen LogP contribution is -2.18. The molecule has 0 aromatic rings. The Morgan fingerprint density at radius 2 is 1.80 bits per heavy atom. The second-order valence-electron chi connectivity index (χ2n) is 2.03. The van der Waals surface area contributed by atoms with Gasteiger partial charge in [-0.3, -0.25) is 3.97 Å². The monoisotopic (exact) mass is 184 g/mol. The van der Waals surface area contributed by atoms with Gasteiger partial charge in [-0.25, -0.2) is 0 Å². The van der Waals surface area contributed by atoms with Gasteiger partial charge in [0.15, 0.2) is 0 Å². The van der Waals surface area contributed by atoms with Gasteiger partial charge in [0.05, 0.1) is 5.25 Å². The van der Waals surface area contributed by atoms with E-state index in [0.717, 1.165) is 0 Å². The van der Waals surface area contributed by atoms with Crippen LogP contribution in [0.4, 0.5) is 0 Å². The van der Waals surface area contributed by atoms with E-state index in [1.54, 1.807) is 9.47 Å². The van der Waals surface area contributed by atoms with Crippen LogP contribution in [-0.4, -0.2) is 13.7 Å². The van der Waals surface area contributed by atoms with Crippen LogP contribution in [0.5, 0.6) is 0 Å². The van der Waals surface area contributed by atoms with Crippen molar-refractivity contribution in [1.29, 1.82) is 0 Å². The Hall–Kier alpha value is 0.340. The molecule has 0 aliphatic carbocycles. The lowest BCUT2D eigenvalue weighted by Gasteiger charge is -2.09. The molecule has 0 fully saturated rings. The van der Waals surface area contributed by atoms with Crippen LogP contribution in [-0.2, 0) is 14.1 Å². The summed E-state index contributed by atoms with van der Waals surface area (Å²) in [6, 6.07) is 0. The molecule has 1 atom stereocenters. The normalized spacial score (nSPS) is 12.4. The predicted octanol–water partition coefficient (Wildman–Crippen LogP) is 1.31. The first kappa shape index (κ1) is 10.3. The minimum Gasteiger partial charge on any atom is -0.254 e. The fourth-order valence-electron chi connectivity index (χ4n) is 0.775. The molecule has 0 aromatic heterocycles. The first-order valence-corrected chi connectivity index (χ1v) is 5.14. The lowest BCUT2D eigenvalue weighted by atomic mass is 10.3. The van der Waals surface area contributed by atoms with Crippen LogP contribution >= 0.6 is 9.47 Å². The molecule has 0 aromatic carbocycles. The Balaban J connectivity index is 4.28. The third-order valence-corrected chi connectivity index (χ3v) is 4.01. The molecule has 3 nitrogen and oxygen atoms in total. The third kappa shape index (κ3) is 2.52. The summed E-state index contributed by atoms with van der Waals surface area (Å²) in [5.74, 6) is 0. The van der Waals surface area contributed by atoms with Crippen molar-refractivity contribution in [2.45, 2.75) is 31.9 Å². The molecular formula is C5H13O3PS. The zero-order chi connectivity index (χ0) is 8.20. The highest BCUT2D eigenvalue weighted by molar-refractivity contribution is 7.89. The molecule has 0 amide bonds. The van der Waals surface area contributed by atoms with Crippen LogP contribution in [0.2, 0.25) is 0 Å². The van der Waals surface area contributed by atoms with Gasteiger partial charge < -0.3 is 0 Å². The zero-order valence-corrected chi connectivity index (χ0v) is 8.17. The number of rotatable bonds is 4. The summed E-state index contributed by atoms with van der Waals surface area (Å²) >= 11 is 0. The van der Waals surface area contributed by atoms with E-state index < -0.39 is 10.1 Å². The maximum absolute atomic E-state index is 10.9. The summed E-state index contributed by atoms with van der Waals surface area (Å²) < 4.78 is 26.1. The molecular weight excluding hydrogens is 171 g/mol. The number of hydrogen-bond donors (Lipinski definition) is 0. The Bertz CT molecular complexity index is 171. The molecule has 0 rings (SSSR count). The second-order valence-corrected chi connectivity index (χ2v) is 4.45. The lowest BCUT2D eigenvalue weighted by molar-refractivity contribution is 0.494. The topological polar surface area (TPSA) is 43.4 Å². The molecule has 0 bridgehead atoms. The van der Waals surface area contributed by atoms with Crippen LogP contribution in [0.3, 0.4) is 0 Å². The van der Waals surface area contributed by atoms with Crippen LogP contribution in [0.1, 0.15) is 26.7 Å². The summed E-state index contributed by atoms with van der Waals surface area (Å²) in [4.78, 5) is 0. The van der Waals surface area contributed by atoms with Crippen molar-refractivity contribution in [1.82, 2.24) is 0 Å². The van der Waals surface area contributed by atoms with Gasteiger partial charge in [0.2, 0.25) is 0 Å². The Morgan fingerprint density at radius 1 is 1.40 bits per heavy atom. The van der Waals surface area contributed by atoms with Crippen LogP contribution in [0.25, 0.3) is 0 Å². The van der Waals surface area contributed by atoms with E-state index in [4.69, 9.17) is 0 Å². The second kappa shape index (κ2) is 4.27. The first-order chi connectivity index (χ1) is 4.58. The fraction of sp³-hybridized carbons (Fsp3) is 1.00. The van der Waals surface area contributed by atoms with Crippen molar-refractivity contribution in [3.63, 3.8) is 0 Å². The molecule has 0 heterocycles. The van der Waals surface area contributed by atoms with E-state index in [0.29, 0.717) is 12.8 Å². The molecule has 1 unspecified atom stereocenters. The molecule has 62 valence electrons. The van der Waals surface area contributed by atoms with Crippen molar-refractivity contribution in [3.05, 3.63) is 0 Å². The van der Waals surface area contributed by atoms with Crippen molar-refractivity contribution >= 4 is 19.6 Å². The van der Waals surface area contributed by atoms with E-state index in [-0.39, 0.29) is 5.25 Å². The summed E-state index contributed by atoms with van der Waals surface area (Å²) in [5.41, 5.74) is 0. The minimum absolute atomic E-state index is 0.356. The van der Waals surface area contributed by atoms with Crippen molar-refractivity contribution in [3.8, 4) is 0 Å². The maximum atomic E-state index is 10.9. The van der Waals surface area contributed by atoms with Gasteiger partial charge >= 0.3 is 0 Å². The Kier molecular flexibility index (Phi) is 4.41. The average molecular weight is 184 g/mol. The smallest absolute Gasteiger partial charge is 0.254 e. The van der Waals surface area contributed by atoms with Crippen LogP contribution < -0.4 is 0 Å². The summed E-state index contributed by atoms with van der Waals surface area (Å²) in [6.45, 7) is 3.66. The highest BCUT2D eigenvalue weighted by Gasteiger charge is 2.20. The van der Waals surface area contributed by atoms with E-state index >= 15 is 0 Å². The third-order valence-electron chi connectivity index (χ3n) is 1.45. The van der Waals surface area contributed by atoms with Gasteiger partial charge in [-0.1, -0.05) is 13.8 Å². The Labute approximate surface area is 64.6 Å². The molecule has 0 aliphatic rings.